The average molecular weight is 510 g/mol. The Labute approximate surface area is 191 Å². The van der Waals surface area contributed by atoms with E-state index >= 15 is 0 Å². The number of benzene rings is 2. The molecule has 13 heteroatoms. The number of rotatable bonds is 6. The van der Waals surface area contributed by atoms with E-state index in [1.807, 2.05) is 4.72 Å². The highest BCUT2D eigenvalue weighted by atomic mass is 32.2. The number of ether oxygens (including phenoxy) is 1. The molecule has 1 aliphatic rings. The fourth-order valence-electron chi connectivity index (χ4n) is 3.69. The van der Waals surface area contributed by atoms with Crippen molar-refractivity contribution in [3.8, 4) is 5.75 Å². The minimum atomic E-state index is -5.10. The Bertz CT molecular complexity index is 1150. The molecule has 0 aliphatic carbocycles. The lowest BCUT2D eigenvalue weighted by molar-refractivity contribution is -0.274. The first-order valence-corrected chi connectivity index (χ1v) is 11.5. The molecule has 6 nitrogen and oxygen atoms in total. The van der Waals surface area contributed by atoms with Gasteiger partial charge >= 0.3 is 12.5 Å². The summed E-state index contributed by atoms with van der Waals surface area (Å²) in [6, 6.07) is 7.08. The maximum absolute atomic E-state index is 13.0. The van der Waals surface area contributed by atoms with Gasteiger partial charge in [0, 0.05) is 13.1 Å². The van der Waals surface area contributed by atoms with Crippen molar-refractivity contribution in [1.82, 2.24) is 9.62 Å². The minimum absolute atomic E-state index is 0.133. The number of carbonyl (C=O) groups excluding carboxylic acids is 1. The molecule has 1 saturated heterocycles. The monoisotopic (exact) mass is 510 g/mol. The molecule has 186 valence electrons. The van der Waals surface area contributed by atoms with Gasteiger partial charge < -0.3 is 9.64 Å². The van der Waals surface area contributed by atoms with E-state index in [1.54, 1.807) is 0 Å². The summed E-state index contributed by atoms with van der Waals surface area (Å²) in [5.41, 5.74) is -0.729. The van der Waals surface area contributed by atoms with Gasteiger partial charge in [-0.05, 0) is 61.7 Å². The summed E-state index contributed by atoms with van der Waals surface area (Å²) in [7, 11) is -2.93. The van der Waals surface area contributed by atoms with Crippen LogP contribution in [0, 0.1) is 5.92 Å². The fraction of sp³-hybridized carbons (Fsp3) is 0.381. The summed E-state index contributed by atoms with van der Waals surface area (Å²) in [6.45, 7) is 0.312. The van der Waals surface area contributed by atoms with Crippen LogP contribution in [0.2, 0.25) is 0 Å². The van der Waals surface area contributed by atoms with Crippen LogP contribution in [-0.4, -0.2) is 45.7 Å². The van der Waals surface area contributed by atoms with Crippen LogP contribution >= 0.6 is 0 Å². The second-order valence-electron chi connectivity index (χ2n) is 7.72. The summed E-state index contributed by atoms with van der Waals surface area (Å²) in [4.78, 5) is 13.9. The lowest BCUT2D eigenvalue weighted by Gasteiger charge is -2.20. The number of likely N-dealkylation sites (tertiary alicyclic amines) is 1. The van der Waals surface area contributed by atoms with Crippen molar-refractivity contribution in [1.29, 1.82) is 0 Å². The largest absolute Gasteiger partial charge is 0.573 e. The number of nitrogens with one attached hydrogen (secondary N) is 1. The van der Waals surface area contributed by atoms with Gasteiger partial charge in [-0.2, -0.15) is 13.2 Å². The first-order chi connectivity index (χ1) is 15.7. The zero-order chi connectivity index (χ0) is 25.3. The second kappa shape index (κ2) is 9.45. The van der Waals surface area contributed by atoms with Crippen LogP contribution in [0.25, 0.3) is 0 Å². The van der Waals surface area contributed by atoms with Gasteiger partial charge in [0.15, 0.2) is 0 Å². The van der Waals surface area contributed by atoms with Crippen LogP contribution in [0.3, 0.4) is 0 Å². The molecule has 34 heavy (non-hydrogen) atoms. The quantitative estimate of drug-likeness (QED) is 0.591. The molecule has 1 fully saturated rings. The third-order valence-corrected chi connectivity index (χ3v) is 6.78. The van der Waals surface area contributed by atoms with E-state index in [1.165, 1.54) is 17.0 Å². The Morgan fingerprint density at radius 2 is 1.74 bits per heavy atom. The molecule has 0 saturated carbocycles. The maximum atomic E-state index is 13.0. The normalized spacial score (nSPS) is 17.1. The molecule has 3 rings (SSSR count). The molecule has 1 amide bonds. The van der Waals surface area contributed by atoms with E-state index in [0.717, 1.165) is 37.4 Å². The smallest absolute Gasteiger partial charge is 0.405 e. The summed E-state index contributed by atoms with van der Waals surface area (Å²) in [5.74, 6) is -1.82. The van der Waals surface area contributed by atoms with Gasteiger partial charge in [0.1, 0.15) is 5.75 Å². The Morgan fingerprint density at radius 3 is 2.29 bits per heavy atom. The van der Waals surface area contributed by atoms with Gasteiger partial charge in [-0.1, -0.05) is 12.1 Å². The molecular weight excluding hydrogens is 490 g/mol. The number of sulfonamides is 1. The average Bonchev–Trinajstić information content (AvgIpc) is 3.20. The third-order valence-electron chi connectivity index (χ3n) is 5.36. The molecule has 1 N–H and O–H groups in total. The maximum Gasteiger partial charge on any atom is 0.573 e. The van der Waals surface area contributed by atoms with E-state index < -0.39 is 50.2 Å². The van der Waals surface area contributed by atoms with Crippen LogP contribution in [0.1, 0.15) is 27.9 Å². The van der Waals surface area contributed by atoms with Gasteiger partial charge in [-0.15, -0.1) is 13.2 Å². The van der Waals surface area contributed by atoms with Crippen molar-refractivity contribution in [2.45, 2.75) is 30.3 Å². The zero-order valence-electron chi connectivity index (χ0n) is 17.7. The van der Waals surface area contributed by atoms with E-state index in [4.69, 9.17) is 0 Å². The number of alkyl halides is 6. The van der Waals surface area contributed by atoms with Crippen molar-refractivity contribution >= 4 is 15.9 Å². The lowest BCUT2D eigenvalue weighted by Crippen LogP contribution is -2.30. The summed E-state index contributed by atoms with van der Waals surface area (Å²) >= 11 is 0. The minimum Gasteiger partial charge on any atom is -0.405 e. The summed E-state index contributed by atoms with van der Waals surface area (Å²) < 4.78 is 107. The zero-order valence-corrected chi connectivity index (χ0v) is 18.5. The van der Waals surface area contributed by atoms with E-state index in [-0.39, 0.29) is 19.0 Å². The van der Waals surface area contributed by atoms with Crippen LogP contribution in [0.4, 0.5) is 26.3 Å². The Kier molecular flexibility index (Phi) is 7.18. The van der Waals surface area contributed by atoms with Crippen LogP contribution in [0.15, 0.2) is 47.4 Å². The lowest BCUT2D eigenvalue weighted by atomic mass is 9.98. The number of amides is 1. The molecule has 1 heterocycles. The molecule has 0 radical (unpaired) electrons. The highest BCUT2D eigenvalue weighted by Gasteiger charge is 2.36. The van der Waals surface area contributed by atoms with Crippen LogP contribution in [0.5, 0.6) is 5.75 Å². The SMILES string of the molecule is CNS(=O)(=O)c1ccc(OC(F)(F)F)c(C(=O)N2CCC(Cc3ccc(C(F)(F)F)cc3)C2)c1. The van der Waals surface area contributed by atoms with Gasteiger partial charge in [0.2, 0.25) is 10.0 Å². The molecule has 1 unspecified atom stereocenters. The predicted octanol–water partition coefficient (Wildman–Crippen LogP) is 4.22. The first kappa shape index (κ1) is 25.8. The predicted molar refractivity (Wildman–Crippen MR) is 109 cm³/mol. The third kappa shape index (κ3) is 6.20. The van der Waals surface area contributed by atoms with Crippen LogP contribution in [-0.2, 0) is 22.6 Å². The molecule has 0 aromatic heterocycles. The van der Waals surface area contributed by atoms with Crippen molar-refractivity contribution in [3.05, 3.63) is 59.2 Å². The Hall–Kier alpha value is -2.80. The Morgan fingerprint density at radius 1 is 1.09 bits per heavy atom. The van der Waals surface area contributed by atoms with Crippen LogP contribution < -0.4 is 9.46 Å². The second-order valence-corrected chi connectivity index (χ2v) is 9.60. The molecule has 0 bridgehead atoms. The highest BCUT2D eigenvalue weighted by molar-refractivity contribution is 7.89. The highest BCUT2D eigenvalue weighted by Crippen LogP contribution is 2.32. The van der Waals surface area contributed by atoms with Gasteiger partial charge in [-0.3, -0.25) is 4.79 Å². The standard InChI is InChI=1S/C21H20F6N2O4S/c1-28-34(31,32)16-6-7-18(33-21(25,26)27)17(11-16)19(30)29-9-8-14(12-29)10-13-2-4-15(5-3-13)20(22,23)24/h2-7,11,14,28H,8-10,12H2,1H3. The van der Waals surface area contributed by atoms with Crippen molar-refractivity contribution in [2.24, 2.45) is 5.92 Å². The summed E-state index contributed by atoms with van der Waals surface area (Å²) in [6.07, 6.45) is -8.73. The molecular formula is C21H20F6N2O4S. The van der Waals surface area contributed by atoms with Crippen molar-refractivity contribution in [3.63, 3.8) is 0 Å². The van der Waals surface area contributed by atoms with Crippen molar-refractivity contribution in [2.75, 3.05) is 20.1 Å². The number of hydrogen-bond acceptors (Lipinski definition) is 4. The summed E-state index contributed by atoms with van der Waals surface area (Å²) in [5, 5.41) is 0. The van der Waals surface area contributed by atoms with Gasteiger partial charge in [0.05, 0.1) is 16.0 Å². The van der Waals surface area contributed by atoms with E-state index in [0.29, 0.717) is 18.4 Å². The topological polar surface area (TPSA) is 75.7 Å². The number of nitrogens with zero attached hydrogens (tertiary/aromatic N) is 1. The van der Waals surface area contributed by atoms with E-state index in [2.05, 4.69) is 4.74 Å². The number of carbonyl (C=O) groups is 1. The molecule has 2 aromatic rings. The Balaban J connectivity index is 1.79. The van der Waals surface area contributed by atoms with Gasteiger partial charge in [-0.25, -0.2) is 13.1 Å². The fourth-order valence-corrected chi connectivity index (χ4v) is 4.45. The number of hydrogen-bond donors (Lipinski definition) is 1. The molecule has 1 aliphatic heterocycles. The van der Waals surface area contributed by atoms with E-state index in [9.17, 15) is 39.6 Å². The van der Waals surface area contributed by atoms with Gasteiger partial charge in [0.25, 0.3) is 5.91 Å². The van der Waals surface area contributed by atoms with Crippen molar-refractivity contribution < 1.29 is 44.3 Å². The number of halogens is 6. The first-order valence-electron chi connectivity index (χ1n) is 9.98. The molecule has 0 spiro atoms. The molecule has 1 atom stereocenters. The molecule has 2 aromatic carbocycles.